The van der Waals surface area contributed by atoms with Gasteiger partial charge in [-0.2, -0.15) is 13.2 Å². The number of halogens is 4. The van der Waals surface area contributed by atoms with Crippen molar-refractivity contribution in [3.8, 4) is 0 Å². The first-order valence-electron chi connectivity index (χ1n) is 12.1. The number of thiocarbonyl (C=S) groups is 1. The second-order valence-corrected chi connectivity index (χ2v) is 11.8. The van der Waals surface area contributed by atoms with E-state index < -0.39 is 32.7 Å². The van der Waals surface area contributed by atoms with E-state index in [4.69, 9.17) is 23.8 Å². The van der Waals surface area contributed by atoms with Gasteiger partial charge in [-0.1, -0.05) is 23.8 Å². The number of benzene rings is 1. The predicted molar refractivity (Wildman–Crippen MR) is 149 cm³/mol. The minimum absolute atomic E-state index is 0.0182. The van der Waals surface area contributed by atoms with Crippen LogP contribution in [0.15, 0.2) is 41.6 Å². The predicted octanol–water partition coefficient (Wildman–Crippen LogP) is 3.46. The Bertz CT molecular complexity index is 1680. The van der Waals surface area contributed by atoms with Gasteiger partial charge in [0.2, 0.25) is 5.91 Å². The lowest BCUT2D eigenvalue weighted by Crippen LogP contribution is -2.53. The highest BCUT2D eigenvalue weighted by Gasteiger charge is 2.34. The monoisotopic (exact) mass is 613 g/mol. The summed E-state index contributed by atoms with van der Waals surface area (Å²) in [5.74, 6) is -0.0829. The van der Waals surface area contributed by atoms with Gasteiger partial charge in [0.05, 0.1) is 26.9 Å². The summed E-state index contributed by atoms with van der Waals surface area (Å²) in [7, 11) is -3.90. The molecule has 2 aliphatic rings. The molecular weight excluding hydrogens is 591 g/mol. The SMILES string of the molecule is CC(=O)NS(=O)(=O)C1=CCC(NC(=S)N2CCN(c3ncnc4[nH]c5cc(C(F)(F)F)c(Cl)cc5c34)CC2)C=C1. The average Bonchev–Trinajstić information content (AvgIpc) is 3.25. The Balaban J connectivity index is 1.26. The highest BCUT2D eigenvalue weighted by molar-refractivity contribution is 7.94. The van der Waals surface area contributed by atoms with Gasteiger partial charge in [-0.15, -0.1) is 0 Å². The fraction of sp³-hybridized carbons (Fsp3) is 0.333. The molecule has 1 saturated heterocycles. The summed E-state index contributed by atoms with van der Waals surface area (Å²) in [5.41, 5.74) is -0.252. The summed E-state index contributed by atoms with van der Waals surface area (Å²) in [5, 5.41) is 4.41. The zero-order chi connectivity index (χ0) is 28.8. The van der Waals surface area contributed by atoms with Crippen LogP contribution in [0.2, 0.25) is 5.02 Å². The van der Waals surface area contributed by atoms with Crippen LogP contribution in [0.3, 0.4) is 0 Å². The molecule has 1 amide bonds. The average molecular weight is 614 g/mol. The highest BCUT2D eigenvalue weighted by Crippen LogP contribution is 2.40. The smallest absolute Gasteiger partial charge is 0.356 e. The zero-order valence-corrected chi connectivity index (χ0v) is 23.3. The molecule has 5 rings (SSSR count). The fourth-order valence-corrected chi connectivity index (χ4v) is 6.39. The number of aromatic nitrogens is 3. The van der Waals surface area contributed by atoms with Gasteiger partial charge in [-0.3, -0.25) is 4.79 Å². The molecular formula is C24H23ClF3N7O3S2. The van der Waals surface area contributed by atoms with E-state index in [0.717, 1.165) is 13.0 Å². The van der Waals surface area contributed by atoms with E-state index in [0.29, 0.717) is 59.9 Å². The molecule has 2 aromatic heterocycles. The molecule has 3 N–H and O–H groups in total. The minimum atomic E-state index is -4.59. The van der Waals surface area contributed by atoms with E-state index in [2.05, 4.69) is 20.3 Å². The van der Waals surface area contributed by atoms with Crippen LogP contribution < -0.4 is 14.9 Å². The standard InChI is InChI=1S/C24H23ClF3N7O3S2/c1-13(36)33-40(37,38)15-4-2-14(3-5-15)31-23(39)35-8-6-34(7-9-35)22-20-16-10-18(25)17(24(26,27)28)11-19(16)32-21(20)29-12-30-22/h2,4-5,10-12,14H,3,6-9H2,1H3,(H,31,39)(H,33,36)(H,29,30,32). The van der Waals surface area contributed by atoms with E-state index in [1.807, 2.05) is 14.5 Å². The topological polar surface area (TPSA) is 123 Å². The first kappa shape index (κ1) is 28.1. The number of hydrogen-bond donors (Lipinski definition) is 3. The second-order valence-electron chi connectivity index (χ2n) is 9.31. The maximum absolute atomic E-state index is 13.4. The summed E-state index contributed by atoms with van der Waals surface area (Å²) in [6.07, 6.45) is 1.77. The Morgan fingerprint density at radius 1 is 1.20 bits per heavy atom. The number of fused-ring (bicyclic) bond motifs is 3. The van der Waals surface area contributed by atoms with Crippen molar-refractivity contribution in [2.24, 2.45) is 0 Å². The number of amides is 1. The molecule has 1 unspecified atom stereocenters. The summed E-state index contributed by atoms with van der Waals surface area (Å²) < 4.78 is 66.3. The Morgan fingerprint density at radius 3 is 2.55 bits per heavy atom. The molecule has 0 saturated carbocycles. The fourth-order valence-electron chi connectivity index (χ4n) is 4.71. The lowest BCUT2D eigenvalue weighted by atomic mass is 10.1. The molecule has 40 heavy (non-hydrogen) atoms. The lowest BCUT2D eigenvalue weighted by molar-refractivity contribution is -0.137. The van der Waals surface area contributed by atoms with E-state index in [9.17, 15) is 26.4 Å². The van der Waals surface area contributed by atoms with Crippen LogP contribution in [0.1, 0.15) is 18.9 Å². The van der Waals surface area contributed by atoms with Gasteiger partial charge in [-0.25, -0.2) is 23.1 Å². The molecule has 0 bridgehead atoms. The van der Waals surface area contributed by atoms with Crippen molar-refractivity contribution >= 4 is 72.6 Å². The summed E-state index contributed by atoms with van der Waals surface area (Å²) in [6, 6.07) is 2.05. The second kappa shape index (κ2) is 10.5. The van der Waals surface area contributed by atoms with Crippen LogP contribution in [0.25, 0.3) is 21.9 Å². The molecule has 0 radical (unpaired) electrons. The molecule has 3 heterocycles. The van der Waals surface area contributed by atoms with Gasteiger partial charge >= 0.3 is 6.18 Å². The number of anilines is 1. The van der Waals surface area contributed by atoms with E-state index in [1.165, 1.54) is 24.5 Å². The molecule has 1 atom stereocenters. The van der Waals surface area contributed by atoms with Gasteiger partial charge in [-0.05, 0) is 36.8 Å². The number of alkyl halides is 3. The summed E-state index contributed by atoms with van der Waals surface area (Å²) in [6.45, 7) is 3.30. The van der Waals surface area contributed by atoms with Crippen molar-refractivity contribution in [1.29, 1.82) is 0 Å². The molecule has 3 aromatic rings. The van der Waals surface area contributed by atoms with Crippen LogP contribution in [0.4, 0.5) is 19.0 Å². The molecule has 1 aliphatic heterocycles. The number of piperazine rings is 1. The van der Waals surface area contributed by atoms with Crippen molar-refractivity contribution in [2.45, 2.75) is 25.6 Å². The first-order valence-corrected chi connectivity index (χ1v) is 14.4. The third-order valence-electron chi connectivity index (χ3n) is 6.59. The maximum Gasteiger partial charge on any atom is 0.417 e. The number of hydrogen-bond acceptors (Lipinski definition) is 7. The summed E-state index contributed by atoms with van der Waals surface area (Å²) >= 11 is 11.6. The third kappa shape index (κ3) is 5.58. The number of aromatic amines is 1. The highest BCUT2D eigenvalue weighted by atomic mass is 35.5. The quantitative estimate of drug-likeness (QED) is 0.380. The number of nitrogens with one attached hydrogen (secondary N) is 3. The molecule has 1 aliphatic carbocycles. The van der Waals surface area contributed by atoms with Gasteiger partial charge in [0.1, 0.15) is 17.8 Å². The van der Waals surface area contributed by atoms with Crippen molar-refractivity contribution in [3.05, 3.63) is 52.2 Å². The van der Waals surface area contributed by atoms with Crippen LogP contribution in [0, 0.1) is 0 Å². The van der Waals surface area contributed by atoms with E-state index in [1.54, 1.807) is 6.08 Å². The number of allylic oxidation sites excluding steroid dienone is 1. The van der Waals surface area contributed by atoms with Crippen LogP contribution >= 0.6 is 23.8 Å². The lowest BCUT2D eigenvalue weighted by Gasteiger charge is -2.37. The zero-order valence-electron chi connectivity index (χ0n) is 20.9. The molecule has 212 valence electrons. The normalized spacial score (nSPS) is 18.2. The van der Waals surface area contributed by atoms with Crippen LogP contribution in [0.5, 0.6) is 0 Å². The number of carbonyl (C=O) groups excluding carboxylic acids is 1. The van der Waals surface area contributed by atoms with Crippen LogP contribution in [-0.4, -0.2) is 71.5 Å². The number of sulfonamides is 1. The Hall–Kier alpha value is -3.43. The number of nitrogens with zero attached hydrogens (tertiary/aromatic N) is 4. The first-order chi connectivity index (χ1) is 18.8. The van der Waals surface area contributed by atoms with Gasteiger partial charge in [0.15, 0.2) is 5.11 Å². The number of H-pyrrole nitrogens is 1. The van der Waals surface area contributed by atoms with Crippen molar-refractivity contribution in [3.63, 3.8) is 0 Å². The Kier molecular flexibility index (Phi) is 7.39. The number of rotatable bonds is 4. The van der Waals surface area contributed by atoms with E-state index >= 15 is 0 Å². The van der Waals surface area contributed by atoms with Crippen molar-refractivity contribution < 1.29 is 26.4 Å². The van der Waals surface area contributed by atoms with Crippen LogP contribution in [-0.2, 0) is 21.0 Å². The van der Waals surface area contributed by atoms with Crippen molar-refractivity contribution in [1.82, 2.24) is 29.9 Å². The Morgan fingerprint density at radius 2 is 1.93 bits per heavy atom. The molecule has 0 spiro atoms. The molecule has 1 fully saturated rings. The van der Waals surface area contributed by atoms with Gasteiger partial charge in [0, 0.05) is 44.0 Å². The third-order valence-corrected chi connectivity index (χ3v) is 8.76. The molecule has 10 nitrogen and oxygen atoms in total. The molecule has 1 aromatic carbocycles. The summed E-state index contributed by atoms with van der Waals surface area (Å²) in [4.78, 5) is 26.7. The minimum Gasteiger partial charge on any atom is -0.356 e. The van der Waals surface area contributed by atoms with E-state index in [-0.39, 0.29) is 16.5 Å². The molecule has 16 heteroatoms. The number of carbonyl (C=O) groups is 1. The maximum atomic E-state index is 13.4. The van der Waals surface area contributed by atoms with Crippen molar-refractivity contribution in [2.75, 3.05) is 31.1 Å². The van der Waals surface area contributed by atoms with Gasteiger partial charge in [0.25, 0.3) is 10.0 Å². The van der Waals surface area contributed by atoms with Gasteiger partial charge < -0.3 is 20.1 Å². The Labute approximate surface area is 237 Å². The largest absolute Gasteiger partial charge is 0.417 e.